The fourth-order valence-electron chi connectivity index (χ4n) is 3.95. The van der Waals surface area contributed by atoms with Crippen LogP contribution < -0.4 is 10.1 Å². The molecule has 1 aliphatic heterocycles. The number of carbonyl (C=O) groups excluding carboxylic acids is 2. The van der Waals surface area contributed by atoms with E-state index in [4.69, 9.17) is 4.74 Å². The number of carbonyl (C=O) groups is 2. The molecule has 3 aromatic rings. The van der Waals surface area contributed by atoms with E-state index in [2.05, 4.69) is 10.3 Å². The molecule has 4 rings (SSSR count). The van der Waals surface area contributed by atoms with Gasteiger partial charge in [0.05, 0.1) is 5.92 Å². The number of likely N-dealkylation sites (tertiary alicyclic amines) is 1. The number of nitrogens with one attached hydrogen (secondary N) is 1. The maximum Gasteiger partial charge on any atom is 0.246 e. The molecule has 2 amide bonds. The number of ether oxygens (including phenoxy) is 1. The number of nitrogens with zero attached hydrogens (tertiary/aromatic N) is 2. The predicted octanol–water partition coefficient (Wildman–Crippen LogP) is 4.86. The van der Waals surface area contributed by atoms with Crippen molar-refractivity contribution in [2.45, 2.75) is 26.4 Å². The lowest BCUT2D eigenvalue weighted by atomic mass is 9.97. The van der Waals surface area contributed by atoms with Crippen LogP contribution in [0.5, 0.6) is 5.75 Å². The zero-order valence-electron chi connectivity index (χ0n) is 19.3. The number of amides is 2. The molecule has 0 spiro atoms. The Morgan fingerprint density at radius 2 is 1.97 bits per heavy atom. The normalized spacial score (nSPS) is 15.8. The summed E-state index contributed by atoms with van der Waals surface area (Å²) in [5, 5.41) is 2.91. The Kier molecular flexibility index (Phi) is 7.71. The number of piperidine rings is 1. The molecular formula is C28H29N3O3. The van der Waals surface area contributed by atoms with E-state index in [1.165, 1.54) is 0 Å². The number of rotatable bonds is 7. The molecule has 6 nitrogen and oxygen atoms in total. The number of hydrogen-bond donors (Lipinski definition) is 1. The zero-order valence-corrected chi connectivity index (χ0v) is 19.3. The molecule has 1 atom stereocenters. The van der Waals surface area contributed by atoms with E-state index in [1.54, 1.807) is 23.2 Å². The summed E-state index contributed by atoms with van der Waals surface area (Å²) in [6.45, 7) is 3.45. The number of pyridine rings is 1. The van der Waals surface area contributed by atoms with Gasteiger partial charge in [0.15, 0.2) is 0 Å². The minimum Gasteiger partial charge on any atom is -0.489 e. The molecule has 2 heterocycles. The van der Waals surface area contributed by atoms with Crippen LogP contribution in [0.4, 0.5) is 5.82 Å². The summed E-state index contributed by atoms with van der Waals surface area (Å²) >= 11 is 0. The summed E-state index contributed by atoms with van der Waals surface area (Å²) in [5.41, 5.74) is 2.90. The van der Waals surface area contributed by atoms with Crippen LogP contribution in [0.15, 0.2) is 79.0 Å². The van der Waals surface area contributed by atoms with Crippen molar-refractivity contribution in [1.82, 2.24) is 9.88 Å². The maximum atomic E-state index is 12.8. The lowest BCUT2D eigenvalue weighted by molar-refractivity contribution is -0.130. The van der Waals surface area contributed by atoms with Crippen molar-refractivity contribution >= 4 is 23.7 Å². The molecule has 1 unspecified atom stereocenters. The third kappa shape index (κ3) is 6.32. The molecule has 1 aliphatic rings. The molecule has 1 N–H and O–H groups in total. The Morgan fingerprint density at radius 1 is 1.12 bits per heavy atom. The van der Waals surface area contributed by atoms with Crippen LogP contribution in [0.25, 0.3) is 6.08 Å². The number of aryl methyl sites for hydroxylation is 1. The molecule has 34 heavy (non-hydrogen) atoms. The molecule has 6 heteroatoms. The Morgan fingerprint density at radius 3 is 2.79 bits per heavy atom. The van der Waals surface area contributed by atoms with Crippen LogP contribution in [-0.4, -0.2) is 34.8 Å². The largest absolute Gasteiger partial charge is 0.489 e. The summed E-state index contributed by atoms with van der Waals surface area (Å²) in [4.78, 5) is 31.5. The number of hydrogen-bond acceptors (Lipinski definition) is 4. The first-order chi connectivity index (χ1) is 16.6. The van der Waals surface area contributed by atoms with Crippen LogP contribution in [0.1, 0.15) is 29.5 Å². The van der Waals surface area contributed by atoms with Crippen molar-refractivity contribution in [2.75, 3.05) is 18.4 Å². The van der Waals surface area contributed by atoms with Crippen LogP contribution in [-0.2, 0) is 16.2 Å². The fraction of sp³-hybridized carbons (Fsp3) is 0.250. The Balaban J connectivity index is 1.32. The Hall–Kier alpha value is -3.93. The van der Waals surface area contributed by atoms with Crippen molar-refractivity contribution < 1.29 is 14.3 Å². The molecule has 1 saturated heterocycles. The predicted molar refractivity (Wildman–Crippen MR) is 133 cm³/mol. The van der Waals surface area contributed by atoms with Gasteiger partial charge in [0.1, 0.15) is 18.2 Å². The van der Waals surface area contributed by atoms with Crippen molar-refractivity contribution in [3.05, 3.63) is 95.7 Å². The number of aromatic nitrogens is 1. The van der Waals surface area contributed by atoms with Gasteiger partial charge in [-0.2, -0.15) is 0 Å². The van der Waals surface area contributed by atoms with E-state index in [-0.39, 0.29) is 17.7 Å². The third-order valence-corrected chi connectivity index (χ3v) is 5.88. The summed E-state index contributed by atoms with van der Waals surface area (Å²) < 4.78 is 5.87. The van der Waals surface area contributed by atoms with Crippen LogP contribution in [0.3, 0.4) is 0 Å². The lowest BCUT2D eigenvalue weighted by Gasteiger charge is -2.31. The minimum atomic E-state index is -0.248. The van der Waals surface area contributed by atoms with E-state index >= 15 is 0 Å². The van der Waals surface area contributed by atoms with Crippen molar-refractivity contribution in [3.63, 3.8) is 0 Å². The average molecular weight is 456 g/mol. The first-order valence-corrected chi connectivity index (χ1v) is 11.5. The highest BCUT2D eigenvalue weighted by atomic mass is 16.5. The summed E-state index contributed by atoms with van der Waals surface area (Å²) in [6.07, 6.45) is 6.57. The van der Waals surface area contributed by atoms with Crippen molar-refractivity contribution in [1.29, 1.82) is 0 Å². The zero-order chi connectivity index (χ0) is 23.8. The molecule has 0 aliphatic carbocycles. The first-order valence-electron chi connectivity index (χ1n) is 11.5. The van der Waals surface area contributed by atoms with Gasteiger partial charge in [-0.15, -0.1) is 0 Å². The molecular weight excluding hydrogens is 426 g/mol. The van der Waals surface area contributed by atoms with Crippen LogP contribution in [0.2, 0.25) is 0 Å². The van der Waals surface area contributed by atoms with E-state index in [0.29, 0.717) is 25.5 Å². The fourth-order valence-corrected chi connectivity index (χ4v) is 3.95. The highest BCUT2D eigenvalue weighted by Gasteiger charge is 2.28. The topological polar surface area (TPSA) is 71.5 Å². The molecule has 0 radical (unpaired) electrons. The quantitative estimate of drug-likeness (QED) is 0.517. The van der Waals surface area contributed by atoms with Crippen molar-refractivity contribution in [2.24, 2.45) is 5.92 Å². The highest BCUT2D eigenvalue weighted by molar-refractivity contribution is 5.95. The smallest absolute Gasteiger partial charge is 0.246 e. The molecule has 0 bridgehead atoms. The second-order valence-corrected chi connectivity index (χ2v) is 8.46. The van der Waals surface area contributed by atoms with Gasteiger partial charge in [0.25, 0.3) is 0 Å². The summed E-state index contributed by atoms with van der Waals surface area (Å²) in [7, 11) is 0. The lowest BCUT2D eigenvalue weighted by Crippen LogP contribution is -2.43. The monoisotopic (exact) mass is 455 g/mol. The number of anilines is 1. The average Bonchev–Trinajstić information content (AvgIpc) is 2.88. The maximum absolute atomic E-state index is 12.8. The van der Waals surface area contributed by atoms with Gasteiger partial charge < -0.3 is 15.0 Å². The Labute approximate surface area is 200 Å². The molecule has 174 valence electrons. The molecule has 1 fully saturated rings. The van der Waals surface area contributed by atoms with Gasteiger partial charge in [-0.05, 0) is 60.7 Å². The molecule has 1 aromatic heterocycles. The van der Waals surface area contributed by atoms with E-state index in [1.807, 2.05) is 73.7 Å². The summed E-state index contributed by atoms with van der Waals surface area (Å²) in [6, 6.07) is 21.4. The molecule has 0 saturated carbocycles. The molecule has 2 aromatic carbocycles. The van der Waals surface area contributed by atoms with Gasteiger partial charge in [0, 0.05) is 25.4 Å². The minimum absolute atomic E-state index is 0.0912. The van der Waals surface area contributed by atoms with E-state index < -0.39 is 0 Å². The SMILES string of the molecule is Cc1cccnc1NC(=O)C1CCCN(C(=O)/C=C/c2cccc(OCc3ccccc3)c2)C1. The van der Waals surface area contributed by atoms with Gasteiger partial charge >= 0.3 is 0 Å². The van der Waals surface area contributed by atoms with Gasteiger partial charge in [-0.25, -0.2) is 4.98 Å². The highest BCUT2D eigenvalue weighted by Crippen LogP contribution is 2.21. The first kappa shape index (κ1) is 23.2. The third-order valence-electron chi connectivity index (χ3n) is 5.88. The van der Waals surface area contributed by atoms with Gasteiger partial charge in [-0.1, -0.05) is 48.5 Å². The van der Waals surface area contributed by atoms with Crippen LogP contribution >= 0.6 is 0 Å². The van der Waals surface area contributed by atoms with Crippen molar-refractivity contribution in [3.8, 4) is 5.75 Å². The Bertz CT molecular complexity index is 1160. The summed E-state index contributed by atoms with van der Waals surface area (Å²) in [5.74, 6) is 0.888. The van der Waals surface area contributed by atoms with E-state index in [9.17, 15) is 9.59 Å². The van der Waals surface area contributed by atoms with Gasteiger partial charge in [0.2, 0.25) is 11.8 Å². The number of benzene rings is 2. The van der Waals surface area contributed by atoms with Gasteiger partial charge in [-0.3, -0.25) is 9.59 Å². The van der Waals surface area contributed by atoms with Crippen LogP contribution in [0, 0.1) is 12.8 Å². The second kappa shape index (κ2) is 11.3. The van der Waals surface area contributed by atoms with E-state index in [0.717, 1.165) is 35.3 Å². The standard InChI is InChI=1S/C28H29N3O3/c1-21-8-6-16-29-27(21)30-28(33)24-12-7-17-31(19-24)26(32)15-14-22-11-5-13-25(18-22)34-20-23-9-3-2-4-10-23/h2-6,8-11,13-16,18,24H,7,12,17,19-20H2,1H3,(H,29,30,33)/b15-14+. The second-order valence-electron chi connectivity index (χ2n) is 8.46.